The molecule has 0 saturated carbocycles. The Kier molecular flexibility index (Phi) is 3.58. The second kappa shape index (κ2) is 5.42. The zero-order chi connectivity index (χ0) is 15.9. The highest BCUT2D eigenvalue weighted by Crippen LogP contribution is 2.35. The molecule has 2 N–H and O–H groups in total. The van der Waals surface area contributed by atoms with Crippen LogP contribution in [0.15, 0.2) is 36.4 Å². The van der Waals surface area contributed by atoms with Crippen LogP contribution in [0.25, 0.3) is 22.2 Å². The molecule has 0 unspecified atom stereocenters. The minimum atomic E-state index is -1.05. The molecule has 1 aromatic heterocycles. The summed E-state index contributed by atoms with van der Waals surface area (Å²) in [6, 6.07) is 8.20. The first-order valence-electron chi connectivity index (χ1n) is 6.43. The summed E-state index contributed by atoms with van der Waals surface area (Å²) in [5.74, 6) is -2.52. The maximum absolute atomic E-state index is 14.0. The predicted octanol–water partition coefficient (Wildman–Crippen LogP) is 4.39. The van der Waals surface area contributed by atoms with Crippen molar-refractivity contribution in [2.45, 2.75) is 6.42 Å². The fraction of sp³-hybridized carbons (Fsp3) is 0.0625. The summed E-state index contributed by atoms with van der Waals surface area (Å²) in [7, 11) is 0. The first-order valence-corrected chi connectivity index (χ1v) is 6.81. The van der Waals surface area contributed by atoms with Gasteiger partial charge in [-0.2, -0.15) is 0 Å². The average molecular weight is 322 g/mol. The number of para-hydroxylation sites is 1. The summed E-state index contributed by atoms with van der Waals surface area (Å²) in [6.45, 7) is 0. The molecule has 0 fully saturated rings. The molecule has 0 amide bonds. The molecule has 112 valence electrons. The zero-order valence-corrected chi connectivity index (χ0v) is 11.9. The van der Waals surface area contributed by atoms with Crippen molar-refractivity contribution in [3.8, 4) is 11.3 Å². The smallest absolute Gasteiger partial charge is 0.307 e. The van der Waals surface area contributed by atoms with Gasteiger partial charge in [-0.1, -0.05) is 23.7 Å². The van der Waals surface area contributed by atoms with Crippen molar-refractivity contribution in [3.63, 3.8) is 0 Å². The van der Waals surface area contributed by atoms with Gasteiger partial charge in [0.1, 0.15) is 11.6 Å². The van der Waals surface area contributed by atoms with Crippen LogP contribution in [-0.4, -0.2) is 16.1 Å². The Morgan fingerprint density at radius 3 is 2.68 bits per heavy atom. The molecule has 3 aromatic rings. The van der Waals surface area contributed by atoms with E-state index in [0.29, 0.717) is 27.2 Å². The monoisotopic (exact) mass is 321 g/mol. The second-order valence-corrected chi connectivity index (χ2v) is 5.24. The number of carboxylic acid groups (broad SMARTS) is 1. The summed E-state index contributed by atoms with van der Waals surface area (Å²) in [6.07, 6.45) is -0.299. The Morgan fingerprint density at radius 1 is 1.23 bits per heavy atom. The van der Waals surface area contributed by atoms with Crippen LogP contribution < -0.4 is 0 Å². The molecule has 3 rings (SSSR count). The van der Waals surface area contributed by atoms with E-state index in [1.165, 1.54) is 6.07 Å². The highest BCUT2D eigenvalue weighted by molar-refractivity contribution is 6.35. The SMILES string of the molecule is O=C(O)Cc1c(-c2ccc(F)cc2F)[nH]c2c(Cl)cccc12. The molecular weight excluding hydrogens is 312 g/mol. The van der Waals surface area contributed by atoms with E-state index in [9.17, 15) is 13.6 Å². The first-order chi connectivity index (χ1) is 10.5. The van der Waals surface area contributed by atoms with Crippen LogP contribution in [0.1, 0.15) is 5.56 Å². The number of fused-ring (bicyclic) bond motifs is 1. The minimum absolute atomic E-state index is 0.102. The van der Waals surface area contributed by atoms with E-state index in [-0.39, 0.29) is 12.0 Å². The highest BCUT2D eigenvalue weighted by Gasteiger charge is 2.19. The topological polar surface area (TPSA) is 53.1 Å². The van der Waals surface area contributed by atoms with Gasteiger partial charge in [0.25, 0.3) is 0 Å². The number of aromatic nitrogens is 1. The van der Waals surface area contributed by atoms with Crippen molar-refractivity contribution in [1.29, 1.82) is 0 Å². The molecule has 0 atom stereocenters. The van der Waals surface area contributed by atoms with Crippen molar-refractivity contribution >= 4 is 28.5 Å². The quantitative estimate of drug-likeness (QED) is 0.751. The molecule has 0 aliphatic rings. The van der Waals surface area contributed by atoms with Crippen molar-refractivity contribution in [1.82, 2.24) is 4.98 Å². The summed E-state index contributed by atoms with van der Waals surface area (Å²) in [4.78, 5) is 14.1. The van der Waals surface area contributed by atoms with Crippen LogP contribution >= 0.6 is 11.6 Å². The van der Waals surface area contributed by atoms with Gasteiger partial charge in [0, 0.05) is 17.0 Å². The van der Waals surface area contributed by atoms with Gasteiger partial charge in [-0.05, 0) is 23.8 Å². The van der Waals surface area contributed by atoms with Crippen LogP contribution in [0, 0.1) is 11.6 Å². The third-order valence-electron chi connectivity index (χ3n) is 3.42. The van der Waals surface area contributed by atoms with E-state index >= 15 is 0 Å². The number of carboxylic acids is 1. The summed E-state index contributed by atoms with van der Waals surface area (Å²) in [5.41, 5.74) is 1.34. The van der Waals surface area contributed by atoms with Gasteiger partial charge >= 0.3 is 5.97 Å². The third-order valence-corrected chi connectivity index (χ3v) is 3.73. The molecule has 0 bridgehead atoms. The molecule has 0 radical (unpaired) electrons. The number of aliphatic carboxylic acids is 1. The van der Waals surface area contributed by atoms with Crippen molar-refractivity contribution < 1.29 is 18.7 Å². The third kappa shape index (κ3) is 2.44. The number of nitrogens with one attached hydrogen (secondary N) is 1. The molecular formula is C16H10ClF2NO2. The molecule has 2 aromatic carbocycles. The number of hydrogen-bond donors (Lipinski definition) is 2. The van der Waals surface area contributed by atoms with Crippen LogP contribution in [0.2, 0.25) is 5.02 Å². The number of H-pyrrole nitrogens is 1. The van der Waals surface area contributed by atoms with Crippen molar-refractivity contribution in [2.75, 3.05) is 0 Å². The number of aromatic amines is 1. The lowest BCUT2D eigenvalue weighted by Gasteiger charge is -2.04. The minimum Gasteiger partial charge on any atom is -0.481 e. The summed E-state index contributed by atoms with van der Waals surface area (Å²) < 4.78 is 27.1. The summed E-state index contributed by atoms with van der Waals surface area (Å²) >= 11 is 6.10. The van der Waals surface area contributed by atoms with E-state index in [2.05, 4.69) is 4.98 Å². The largest absolute Gasteiger partial charge is 0.481 e. The fourth-order valence-corrected chi connectivity index (χ4v) is 2.72. The second-order valence-electron chi connectivity index (χ2n) is 4.84. The van der Waals surface area contributed by atoms with Crippen LogP contribution in [0.3, 0.4) is 0 Å². The van der Waals surface area contributed by atoms with Crippen LogP contribution in [-0.2, 0) is 11.2 Å². The molecule has 0 aliphatic heterocycles. The molecule has 1 heterocycles. The van der Waals surface area contributed by atoms with Crippen molar-refractivity contribution in [3.05, 3.63) is 58.6 Å². The van der Waals surface area contributed by atoms with E-state index in [1.807, 2.05) is 0 Å². The van der Waals surface area contributed by atoms with Crippen LogP contribution in [0.5, 0.6) is 0 Å². The number of benzene rings is 2. The van der Waals surface area contributed by atoms with Crippen molar-refractivity contribution in [2.24, 2.45) is 0 Å². The summed E-state index contributed by atoms with van der Waals surface area (Å²) in [5, 5.41) is 10.1. The Balaban J connectivity index is 2.32. The molecule has 6 heteroatoms. The normalized spacial score (nSPS) is 11.0. The van der Waals surface area contributed by atoms with Gasteiger partial charge in [-0.25, -0.2) is 8.78 Å². The van der Waals surface area contributed by atoms with E-state index < -0.39 is 17.6 Å². The number of carbonyl (C=O) groups is 1. The zero-order valence-electron chi connectivity index (χ0n) is 11.2. The maximum atomic E-state index is 14.0. The Morgan fingerprint density at radius 2 is 2.00 bits per heavy atom. The molecule has 0 spiro atoms. The van der Waals surface area contributed by atoms with Gasteiger partial charge in [0.05, 0.1) is 22.7 Å². The first kappa shape index (κ1) is 14.5. The van der Waals surface area contributed by atoms with E-state index in [0.717, 1.165) is 12.1 Å². The predicted molar refractivity (Wildman–Crippen MR) is 80.0 cm³/mol. The number of rotatable bonds is 3. The molecule has 0 saturated heterocycles. The standard InChI is InChI=1S/C16H10ClF2NO2/c17-12-3-1-2-9-11(7-14(21)22)15(20-16(9)12)10-5-4-8(18)6-13(10)19/h1-6,20H,7H2,(H,21,22). The lowest BCUT2D eigenvalue weighted by molar-refractivity contribution is -0.136. The van der Waals surface area contributed by atoms with Gasteiger partial charge in [-0.15, -0.1) is 0 Å². The van der Waals surface area contributed by atoms with Gasteiger partial charge in [0.2, 0.25) is 0 Å². The Hall–Kier alpha value is -2.40. The van der Waals surface area contributed by atoms with Gasteiger partial charge in [-0.3, -0.25) is 4.79 Å². The van der Waals surface area contributed by atoms with Crippen LogP contribution in [0.4, 0.5) is 8.78 Å². The number of hydrogen-bond acceptors (Lipinski definition) is 1. The highest BCUT2D eigenvalue weighted by atomic mass is 35.5. The molecule has 22 heavy (non-hydrogen) atoms. The van der Waals surface area contributed by atoms with Gasteiger partial charge in [0.15, 0.2) is 0 Å². The average Bonchev–Trinajstić information content (AvgIpc) is 2.79. The maximum Gasteiger partial charge on any atom is 0.307 e. The van der Waals surface area contributed by atoms with E-state index in [1.54, 1.807) is 18.2 Å². The Labute approximate surface area is 129 Å². The van der Waals surface area contributed by atoms with Gasteiger partial charge < -0.3 is 10.1 Å². The lowest BCUT2D eigenvalue weighted by atomic mass is 10.0. The fourth-order valence-electron chi connectivity index (χ4n) is 2.49. The molecule has 3 nitrogen and oxygen atoms in total. The lowest BCUT2D eigenvalue weighted by Crippen LogP contribution is -2.01. The Bertz CT molecular complexity index is 889. The number of halogens is 3. The molecule has 0 aliphatic carbocycles. The van der Waals surface area contributed by atoms with E-state index in [4.69, 9.17) is 16.7 Å².